The van der Waals surface area contributed by atoms with Gasteiger partial charge in [-0.05, 0) is 44.0 Å². The van der Waals surface area contributed by atoms with E-state index in [1.165, 1.54) is 31.5 Å². The van der Waals surface area contributed by atoms with Gasteiger partial charge >= 0.3 is 0 Å². The molecule has 1 saturated carbocycles. The minimum Gasteiger partial charge on any atom is -0.371 e. The largest absolute Gasteiger partial charge is 0.371 e. The van der Waals surface area contributed by atoms with Crippen molar-refractivity contribution in [3.05, 3.63) is 63.5 Å². The summed E-state index contributed by atoms with van der Waals surface area (Å²) in [4.78, 5) is 41.7. The van der Waals surface area contributed by atoms with Crippen LogP contribution in [0.1, 0.15) is 59.7 Å². The summed E-state index contributed by atoms with van der Waals surface area (Å²) in [6.07, 6.45) is 5.55. The van der Waals surface area contributed by atoms with Gasteiger partial charge in [0.15, 0.2) is 5.78 Å². The number of amides is 1. The molecule has 1 amide bonds. The lowest BCUT2D eigenvalue weighted by molar-refractivity contribution is -0.384. The van der Waals surface area contributed by atoms with E-state index in [4.69, 9.17) is 0 Å². The van der Waals surface area contributed by atoms with E-state index >= 15 is 0 Å². The Morgan fingerprint density at radius 2 is 1.71 bits per heavy atom. The number of non-ortho nitro benzene ring substituents is 1. The Bertz CT molecular complexity index is 1120. The summed E-state index contributed by atoms with van der Waals surface area (Å²) < 4.78 is 14.6. The van der Waals surface area contributed by atoms with Crippen LogP contribution in [-0.4, -0.2) is 60.8 Å². The van der Waals surface area contributed by atoms with Crippen molar-refractivity contribution in [1.29, 1.82) is 0 Å². The number of Topliss-reactive ketones (excluding diaryl/α,β-unsaturated/α-hetero) is 1. The molecule has 8 nitrogen and oxygen atoms in total. The Labute approximate surface area is 204 Å². The first-order valence-corrected chi connectivity index (χ1v) is 12.1. The van der Waals surface area contributed by atoms with Gasteiger partial charge in [-0.2, -0.15) is 0 Å². The molecule has 0 unspecified atom stereocenters. The van der Waals surface area contributed by atoms with Gasteiger partial charge in [-0.1, -0.05) is 19.3 Å². The molecule has 0 spiro atoms. The molecular formula is C26H31FN4O4. The molecule has 2 aromatic carbocycles. The smallest absolute Gasteiger partial charge is 0.270 e. The lowest BCUT2D eigenvalue weighted by atomic mass is 9.93. The zero-order valence-corrected chi connectivity index (χ0v) is 20.2. The molecule has 35 heavy (non-hydrogen) atoms. The van der Waals surface area contributed by atoms with Crippen molar-refractivity contribution in [2.75, 3.05) is 43.0 Å². The summed E-state index contributed by atoms with van der Waals surface area (Å²) in [7, 11) is 1.96. The van der Waals surface area contributed by atoms with Crippen LogP contribution in [0.4, 0.5) is 21.5 Å². The molecule has 9 heteroatoms. The fraction of sp³-hybridized carbons (Fsp3) is 0.462. The van der Waals surface area contributed by atoms with Gasteiger partial charge in [-0.15, -0.1) is 0 Å². The van der Waals surface area contributed by atoms with Crippen molar-refractivity contribution in [3.63, 3.8) is 0 Å². The van der Waals surface area contributed by atoms with Crippen LogP contribution in [-0.2, 0) is 0 Å². The number of hydrogen-bond donors (Lipinski definition) is 0. The third kappa shape index (κ3) is 5.28. The number of halogens is 1. The topological polar surface area (TPSA) is 87.0 Å². The van der Waals surface area contributed by atoms with Crippen LogP contribution >= 0.6 is 0 Å². The molecule has 186 valence electrons. The van der Waals surface area contributed by atoms with Crippen LogP contribution in [0.3, 0.4) is 0 Å². The van der Waals surface area contributed by atoms with Crippen molar-refractivity contribution >= 4 is 28.8 Å². The summed E-state index contributed by atoms with van der Waals surface area (Å²) in [5, 5.41) is 11.4. The maximum Gasteiger partial charge on any atom is 0.270 e. The van der Waals surface area contributed by atoms with Crippen LogP contribution < -0.4 is 9.80 Å². The molecule has 1 aliphatic heterocycles. The van der Waals surface area contributed by atoms with E-state index in [1.54, 1.807) is 23.1 Å². The highest BCUT2D eigenvalue weighted by Crippen LogP contribution is 2.32. The monoisotopic (exact) mass is 482 g/mol. The van der Waals surface area contributed by atoms with Gasteiger partial charge in [0.2, 0.25) is 0 Å². The number of nitro groups is 1. The SMILES string of the molecule is CC(=O)c1ccc(N2CCN(C(=O)c3cc([N+](=O)[O-])ccc3N(C)C3CCCCC3)CC2)c(F)c1. The second-order valence-electron chi connectivity index (χ2n) is 9.36. The zero-order chi connectivity index (χ0) is 25.1. The fourth-order valence-corrected chi connectivity index (χ4v) is 5.08. The Kier molecular flexibility index (Phi) is 7.33. The number of carbonyl (C=O) groups excluding carboxylic acids is 2. The summed E-state index contributed by atoms with van der Waals surface area (Å²) in [5.41, 5.74) is 1.65. The molecule has 1 aliphatic carbocycles. The summed E-state index contributed by atoms with van der Waals surface area (Å²) in [6, 6.07) is 9.26. The average molecular weight is 483 g/mol. The highest BCUT2D eigenvalue weighted by Gasteiger charge is 2.29. The van der Waals surface area contributed by atoms with E-state index in [2.05, 4.69) is 4.90 Å². The van der Waals surface area contributed by atoms with Gasteiger partial charge in [-0.25, -0.2) is 4.39 Å². The molecule has 4 rings (SSSR count). The summed E-state index contributed by atoms with van der Waals surface area (Å²) in [5.74, 6) is -0.914. The highest BCUT2D eigenvalue weighted by molar-refractivity contribution is 6.00. The van der Waals surface area contributed by atoms with Crippen LogP contribution in [0.15, 0.2) is 36.4 Å². The fourth-order valence-electron chi connectivity index (χ4n) is 5.08. The summed E-state index contributed by atoms with van der Waals surface area (Å²) in [6.45, 7) is 2.96. The number of benzene rings is 2. The number of nitro benzene ring substituents is 1. The van der Waals surface area contributed by atoms with E-state index in [-0.39, 0.29) is 17.4 Å². The second-order valence-corrected chi connectivity index (χ2v) is 9.36. The Morgan fingerprint density at radius 1 is 1.03 bits per heavy atom. The van der Waals surface area contributed by atoms with E-state index in [9.17, 15) is 24.1 Å². The molecule has 0 atom stereocenters. The second kappa shape index (κ2) is 10.4. The minimum atomic E-state index is -0.480. The van der Waals surface area contributed by atoms with Crippen molar-refractivity contribution < 1.29 is 18.9 Å². The van der Waals surface area contributed by atoms with Crippen LogP contribution in [0, 0.1) is 15.9 Å². The minimum absolute atomic E-state index is 0.111. The van der Waals surface area contributed by atoms with E-state index in [0.29, 0.717) is 54.7 Å². The number of piperazine rings is 1. The number of nitrogens with zero attached hydrogens (tertiary/aromatic N) is 4. The van der Waals surface area contributed by atoms with Crippen molar-refractivity contribution in [2.24, 2.45) is 0 Å². The maximum atomic E-state index is 14.6. The molecule has 2 fully saturated rings. The molecule has 2 aliphatic rings. The van der Waals surface area contributed by atoms with E-state index < -0.39 is 10.7 Å². The third-order valence-electron chi connectivity index (χ3n) is 7.19. The molecule has 0 radical (unpaired) electrons. The van der Waals surface area contributed by atoms with Gasteiger partial charge in [0, 0.05) is 57.0 Å². The van der Waals surface area contributed by atoms with E-state index in [1.807, 2.05) is 11.9 Å². The van der Waals surface area contributed by atoms with Crippen LogP contribution in [0.5, 0.6) is 0 Å². The third-order valence-corrected chi connectivity index (χ3v) is 7.19. The first-order chi connectivity index (χ1) is 16.8. The van der Waals surface area contributed by atoms with Crippen molar-refractivity contribution in [2.45, 2.75) is 45.1 Å². The predicted molar refractivity (Wildman–Crippen MR) is 133 cm³/mol. The van der Waals surface area contributed by atoms with Crippen molar-refractivity contribution in [3.8, 4) is 0 Å². The molecule has 1 saturated heterocycles. The lowest BCUT2D eigenvalue weighted by Crippen LogP contribution is -2.49. The highest BCUT2D eigenvalue weighted by atomic mass is 19.1. The van der Waals surface area contributed by atoms with Gasteiger partial charge < -0.3 is 14.7 Å². The Morgan fingerprint density at radius 3 is 2.31 bits per heavy atom. The van der Waals surface area contributed by atoms with Crippen molar-refractivity contribution in [1.82, 2.24) is 4.90 Å². The number of ketones is 1. The van der Waals surface area contributed by atoms with Gasteiger partial charge in [0.1, 0.15) is 5.82 Å². The van der Waals surface area contributed by atoms with Gasteiger partial charge in [-0.3, -0.25) is 19.7 Å². The number of rotatable bonds is 6. The standard InChI is InChI=1S/C26H31FN4O4/c1-18(32)19-8-10-25(23(27)16-19)29-12-14-30(15-13-29)26(33)22-17-21(31(34)35)9-11-24(22)28(2)20-6-4-3-5-7-20/h8-11,16-17,20H,3-7,12-15H2,1-2H3. The zero-order valence-electron chi connectivity index (χ0n) is 20.2. The molecular weight excluding hydrogens is 451 g/mol. The Hall–Kier alpha value is -3.49. The van der Waals surface area contributed by atoms with Gasteiger partial charge in [0.05, 0.1) is 21.9 Å². The normalized spacial score (nSPS) is 16.8. The van der Waals surface area contributed by atoms with E-state index in [0.717, 1.165) is 25.7 Å². The maximum absolute atomic E-state index is 14.6. The van der Waals surface area contributed by atoms with Crippen LogP contribution in [0.2, 0.25) is 0 Å². The van der Waals surface area contributed by atoms with Gasteiger partial charge in [0.25, 0.3) is 11.6 Å². The number of carbonyl (C=O) groups is 2. The molecule has 0 aromatic heterocycles. The predicted octanol–water partition coefficient (Wildman–Crippen LogP) is 4.67. The van der Waals surface area contributed by atoms with Crippen LogP contribution in [0.25, 0.3) is 0 Å². The number of anilines is 2. The lowest BCUT2D eigenvalue weighted by Gasteiger charge is -2.38. The molecule has 0 bridgehead atoms. The molecule has 1 heterocycles. The summed E-state index contributed by atoms with van der Waals surface area (Å²) >= 11 is 0. The molecule has 0 N–H and O–H groups in total. The first kappa shape index (κ1) is 24.6. The molecule has 2 aromatic rings. The average Bonchev–Trinajstić information content (AvgIpc) is 2.88. The number of hydrogen-bond acceptors (Lipinski definition) is 6. The Balaban J connectivity index is 1.52. The quantitative estimate of drug-likeness (QED) is 0.338. The first-order valence-electron chi connectivity index (χ1n) is 12.1.